The van der Waals surface area contributed by atoms with Gasteiger partial charge in [0, 0.05) is 6.54 Å². The predicted octanol–water partition coefficient (Wildman–Crippen LogP) is 2.36. The van der Waals surface area contributed by atoms with Crippen molar-refractivity contribution in [3.05, 3.63) is 35.4 Å². The van der Waals surface area contributed by atoms with Crippen LogP contribution in [0.15, 0.2) is 24.3 Å². The monoisotopic (exact) mass is 344 g/mol. The van der Waals surface area contributed by atoms with Crippen LogP contribution in [0.2, 0.25) is 0 Å². The second-order valence-corrected chi connectivity index (χ2v) is 6.21. The van der Waals surface area contributed by atoms with Gasteiger partial charge in [0.25, 0.3) is 0 Å². The Bertz CT molecular complexity index is 608. The molecule has 0 saturated carbocycles. The van der Waals surface area contributed by atoms with Gasteiger partial charge in [-0.15, -0.1) is 0 Å². The van der Waals surface area contributed by atoms with Crippen LogP contribution < -0.4 is 10.6 Å². The predicted molar refractivity (Wildman–Crippen MR) is 79.2 cm³/mol. The van der Waals surface area contributed by atoms with E-state index in [0.717, 1.165) is 31.4 Å². The zero-order valence-corrected chi connectivity index (χ0v) is 12.8. The van der Waals surface area contributed by atoms with Crippen LogP contribution in [0.4, 0.5) is 18.0 Å². The van der Waals surface area contributed by atoms with E-state index < -0.39 is 23.9 Å². The number of urea groups is 1. The SMILES string of the molecule is O=C(NCC(O)c1cccc(C(F)(F)F)c1)NC1CC2CCC1O2. The fourth-order valence-electron chi connectivity index (χ4n) is 3.24. The molecule has 0 spiro atoms. The highest BCUT2D eigenvalue weighted by atomic mass is 19.4. The molecule has 0 radical (unpaired) electrons. The zero-order valence-electron chi connectivity index (χ0n) is 12.8. The number of carbonyl (C=O) groups is 1. The smallest absolute Gasteiger partial charge is 0.387 e. The van der Waals surface area contributed by atoms with Crippen LogP contribution in [0.5, 0.6) is 0 Å². The molecule has 4 atom stereocenters. The van der Waals surface area contributed by atoms with Crippen molar-refractivity contribution in [2.75, 3.05) is 6.54 Å². The van der Waals surface area contributed by atoms with Gasteiger partial charge in [-0.1, -0.05) is 12.1 Å². The van der Waals surface area contributed by atoms with Gasteiger partial charge in [-0.05, 0) is 37.0 Å². The molecular weight excluding hydrogens is 325 g/mol. The third kappa shape index (κ3) is 3.81. The Kier molecular flexibility index (Phi) is 4.69. The van der Waals surface area contributed by atoms with Crippen LogP contribution in [-0.4, -0.2) is 35.9 Å². The normalized spacial score (nSPS) is 27.1. The van der Waals surface area contributed by atoms with Gasteiger partial charge in [0.2, 0.25) is 0 Å². The maximum absolute atomic E-state index is 12.7. The van der Waals surface area contributed by atoms with Gasteiger partial charge >= 0.3 is 12.2 Å². The van der Waals surface area contributed by atoms with E-state index in [1.54, 1.807) is 0 Å². The Morgan fingerprint density at radius 2 is 2.17 bits per heavy atom. The quantitative estimate of drug-likeness (QED) is 0.785. The van der Waals surface area contributed by atoms with E-state index in [9.17, 15) is 23.1 Å². The maximum Gasteiger partial charge on any atom is 0.416 e. The fourth-order valence-corrected chi connectivity index (χ4v) is 3.24. The first-order valence-corrected chi connectivity index (χ1v) is 7.88. The van der Waals surface area contributed by atoms with E-state index in [1.807, 2.05) is 0 Å². The molecule has 2 aliphatic rings. The molecule has 3 N–H and O–H groups in total. The lowest BCUT2D eigenvalue weighted by Gasteiger charge is -2.21. The largest absolute Gasteiger partial charge is 0.416 e. The zero-order chi connectivity index (χ0) is 17.3. The topological polar surface area (TPSA) is 70.6 Å². The highest BCUT2D eigenvalue weighted by Gasteiger charge is 2.41. The molecule has 1 aromatic carbocycles. The Labute approximate surface area is 137 Å². The van der Waals surface area contributed by atoms with Gasteiger partial charge in [-0.2, -0.15) is 13.2 Å². The van der Waals surface area contributed by atoms with Gasteiger partial charge in [0.05, 0.1) is 29.9 Å². The molecule has 8 heteroatoms. The van der Waals surface area contributed by atoms with Crippen molar-refractivity contribution in [3.8, 4) is 0 Å². The lowest BCUT2D eigenvalue weighted by atomic mass is 9.96. The minimum Gasteiger partial charge on any atom is -0.387 e. The summed E-state index contributed by atoms with van der Waals surface area (Å²) in [5, 5.41) is 15.3. The van der Waals surface area contributed by atoms with Crippen molar-refractivity contribution in [2.45, 2.75) is 49.8 Å². The van der Waals surface area contributed by atoms with Gasteiger partial charge in [-0.3, -0.25) is 0 Å². The van der Waals surface area contributed by atoms with Crippen molar-refractivity contribution >= 4 is 6.03 Å². The Morgan fingerprint density at radius 1 is 1.38 bits per heavy atom. The molecule has 5 nitrogen and oxygen atoms in total. The first-order chi connectivity index (χ1) is 11.3. The maximum atomic E-state index is 12.7. The average molecular weight is 344 g/mol. The van der Waals surface area contributed by atoms with E-state index >= 15 is 0 Å². The molecule has 24 heavy (non-hydrogen) atoms. The summed E-state index contributed by atoms with van der Waals surface area (Å²) in [6.07, 6.45) is -2.74. The summed E-state index contributed by atoms with van der Waals surface area (Å²) in [5.41, 5.74) is -0.726. The van der Waals surface area contributed by atoms with Crippen molar-refractivity contribution in [1.29, 1.82) is 0 Å². The molecular formula is C16H19F3N2O3. The van der Waals surface area contributed by atoms with E-state index in [0.29, 0.717) is 0 Å². The van der Waals surface area contributed by atoms with Crippen LogP contribution in [0.1, 0.15) is 36.5 Å². The summed E-state index contributed by atoms with van der Waals surface area (Å²) in [4.78, 5) is 11.9. The molecule has 132 valence electrons. The van der Waals surface area contributed by atoms with Gasteiger partial charge in [0.1, 0.15) is 0 Å². The van der Waals surface area contributed by atoms with Gasteiger partial charge in [-0.25, -0.2) is 4.79 Å². The first kappa shape index (κ1) is 17.0. The second-order valence-electron chi connectivity index (χ2n) is 6.21. The summed E-state index contributed by atoms with van der Waals surface area (Å²) in [7, 11) is 0. The minimum atomic E-state index is -4.47. The van der Waals surface area contributed by atoms with Crippen molar-refractivity contribution in [2.24, 2.45) is 0 Å². The number of carbonyl (C=O) groups excluding carboxylic acids is 1. The number of nitrogens with one attached hydrogen (secondary N) is 2. The summed E-state index contributed by atoms with van der Waals surface area (Å²) >= 11 is 0. The van der Waals surface area contributed by atoms with Crippen LogP contribution in [0, 0.1) is 0 Å². The molecule has 2 aliphatic heterocycles. The summed E-state index contributed by atoms with van der Waals surface area (Å²) in [6, 6.07) is 3.94. The van der Waals surface area contributed by atoms with Crippen LogP contribution >= 0.6 is 0 Å². The number of hydrogen-bond donors (Lipinski definition) is 3. The number of hydrogen-bond acceptors (Lipinski definition) is 3. The molecule has 2 fully saturated rings. The van der Waals surface area contributed by atoms with Crippen molar-refractivity contribution in [1.82, 2.24) is 10.6 Å². The molecule has 2 bridgehead atoms. The minimum absolute atomic E-state index is 0.0362. The van der Waals surface area contributed by atoms with Gasteiger partial charge < -0.3 is 20.5 Å². The number of ether oxygens (including phenoxy) is 1. The molecule has 2 amide bonds. The standard InChI is InChI=1S/C16H19F3N2O3/c17-16(18,19)10-3-1-2-9(6-10)13(22)8-20-15(23)21-12-7-11-4-5-14(12)24-11/h1-3,6,11-14,22H,4-5,7-8H2,(H2,20,21,23). The number of aliphatic hydroxyl groups is 1. The van der Waals surface area contributed by atoms with E-state index in [4.69, 9.17) is 4.74 Å². The molecule has 2 saturated heterocycles. The van der Waals surface area contributed by atoms with Gasteiger partial charge in [0.15, 0.2) is 0 Å². The number of amides is 2. The van der Waals surface area contributed by atoms with Crippen molar-refractivity contribution in [3.63, 3.8) is 0 Å². The summed E-state index contributed by atoms with van der Waals surface area (Å²) in [5.74, 6) is 0. The third-order valence-electron chi connectivity index (χ3n) is 4.48. The highest BCUT2D eigenvalue weighted by Crippen LogP contribution is 2.34. The van der Waals surface area contributed by atoms with E-state index in [-0.39, 0.29) is 30.4 Å². The molecule has 3 rings (SSSR count). The number of benzene rings is 1. The molecule has 0 aromatic heterocycles. The Balaban J connectivity index is 1.50. The lowest BCUT2D eigenvalue weighted by Crippen LogP contribution is -2.47. The molecule has 0 aliphatic carbocycles. The lowest BCUT2D eigenvalue weighted by molar-refractivity contribution is -0.137. The molecule has 2 heterocycles. The second kappa shape index (κ2) is 6.60. The third-order valence-corrected chi connectivity index (χ3v) is 4.48. The van der Waals surface area contributed by atoms with E-state index in [2.05, 4.69) is 10.6 Å². The summed E-state index contributed by atoms with van der Waals surface area (Å²) < 4.78 is 43.6. The summed E-state index contributed by atoms with van der Waals surface area (Å²) in [6.45, 7) is -0.172. The number of rotatable bonds is 4. The fraction of sp³-hybridized carbons (Fsp3) is 0.562. The number of fused-ring (bicyclic) bond motifs is 2. The van der Waals surface area contributed by atoms with Crippen LogP contribution in [0.25, 0.3) is 0 Å². The van der Waals surface area contributed by atoms with Crippen LogP contribution in [-0.2, 0) is 10.9 Å². The first-order valence-electron chi connectivity index (χ1n) is 7.88. The highest BCUT2D eigenvalue weighted by molar-refractivity contribution is 5.74. The van der Waals surface area contributed by atoms with Crippen LogP contribution in [0.3, 0.4) is 0 Å². The number of alkyl halides is 3. The Hall–Kier alpha value is -1.80. The molecule has 1 aromatic rings. The molecule has 4 unspecified atom stereocenters. The Morgan fingerprint density at radius 3 is 2.79 bits per heavy atom. The van der Waals surface area contributed by atoms with Crippen molar-refractivity contribution < 1.29 is 27.8 Å². The van der Waals surface area contributed by atoms with E-state index in [1.165, 1.54) is 12.1 Å². The average Bonchev–Trinajstić information content (AvgIpc) is 3.14. The number of aliphatic hydroxyl groups excluding tert-OH is 1. The number of halogens is 3.